The van der Waals surface area contributed by atoms with E-state index in [4.69, 9.17) is 4.74 Å². The molecule has 0 bridgehead atoms. The minimum Gasteiger partial charge on any atom is -0.380 e. The standard InChI is InChI=1S/C9H16F4N2O/c1-16-7-2-6(15-4-7)3-14-5-9(12,13)8(10)11/h6-8,14-15H,2-5H2,1H3. The van der Waals surface area contributed by atoms with Crippen LogP contribution in [0.5, 0.6) is 0 Å². The van der Waals surface area contributed by atoms with Gasteiger partial charge in [-0.05, 0) is 6.42 Å². The summed E-state index contributed by atoms with van der Waals surface area (Å²) in [5, 5.41) is 5.40. The van der Waals surface area contributed by atoms with Gasteiger partial charge in [0.1, 0.15) is 0 Å². The Morgan fingerprint density at radius 3 is 2.69 bits per heavy atom. The number of nitrogens with one attached hydrogen (secondary N) is 2. The molecule has 1 aliphatic rings. The molecule has 1 rings (SSSR count). The summed E-state index contributed by atoms with van der Waals surface area (Å²) in [4.78, 5) is 0. The van der Waals surface area contributed by atoms with Crippen molar-refractivity contribution >= 4 is 0 Å². The van der Waals surface area contributed by atoms with Crippen molar-refractivity contribution in [2.24, 2.45) is 0 Å². The molecular weight excluding hydrogens is 228 g/mol. The summed E-state index contributed by atoms with van der Waals surface area (Å²) in [6, 6.07) is -0.00146. The number of halogens is 4. The van der Waals surface area contributed by atoms with E-state index in [0.29, 0.717) is 13.0 Å². The number of hydrogen-bond donors (Lipinski definition) is 2. The van der Waals surface area contributed by atoms with E-state index in [-0.39, 0.29) is 18.7 Å². The van der Waals surface area contributed by atoms with Crippen LogP contribution in [0.15, 0.2) is 0 Å². The van der Waals surface area contributed by atoms with E-state index < -0.39 is 18.9 Å². The number of ether oxygens (including phenoxy) is 1. The molecule has 0 aromatic rings. The van der Waals surface area contributed by atoms with Crippen molar-refractivity contribution in [3.05, 3.63) is 0 Å². The normalized spacial score (nSPS) is 26.6. The van der Waals surface area contributed by atoms with Gasteiger partial charge in [-0.3, -0.25) is 0 Å². The molecule has 1 saturated heterocycles. The average Bonchev–Trinajstić information content (AvgIpc) is 2.65. The first-order valence-electron chi connectivity index (χ1n) is 5.08. The van der Waals surface area contributed by atoms with Gasteiger partial charge in [-0.15, -0.1) is 0 Å². The highest BCUT2D eigenvalue weighted by Gasteiger charge is 2.40. The van der Waals surface area contributed by atoms with E-state index in [2.05, 4.69) is 10.6 Å². The molecule has 3 nitrogen and oxygen atoms in total. The smallest absolute Gasteiger partial charge is 0.319 e. The quantitative estimate of drug-likeness (QED) is 0.680. The summed E-state index contributed by atoms with van der Waals surface area (Å²) in [6.45, 7) is -0.100. The Balaban J connectivity index is 2.17. The molecule has 7 heteroatoms. The Kier molecular flexibility index (Phi) is 4.94. The van der Waals surface area contributed by atoms with E-state index in [9.17, 15) is 17.6 Å². The lowest BCUT2D eigenvalue weighted by atomic mass is 10.2. The van der Waals surface area contributed by atoms with Gasteiger partial charge >= 0.3 is 12.3 Å². The van der Waals surface area contributed by atoms with Crippen molar-refractivity contribution in [1.29, 1.82) is 0 Å². The summed E-state index contributed by atoms with van der Waals surface area (Å²) < 4.78 is 53.7. The molecule has 0 radical (unpaired) electrons. The molecule has 0 aromatic carbocycles. The summed E-state index contributed by atoms with van der Waals surface area (Å²) in [5.74, 6) is -3.96. The Labute approximate surface area is 91.5 Å². The van der Waals surface area contributed by atoms with Crippen molar-refractivity contribution in [3.8, 4) is 0 Å². The highest BCUT2D eigenvalue weighted by atomic mass is 19.3. The maximum atomic E-state index is 12.5. The van der Waals surface area contributed by atoms with Crippen LogP contribution in [0.1, 0.15) is 6.42 Å². The van der Waals surface area contributed by atoms with Crippen LogP contribution < -0.4 is 10.6 Å². The van der Waals surface area contributed by atoms with Crippen LogP contribution in [0, 0.1) is 0 Å². The fraction of sp³-hybridized carbons (Fsp3) is 1.00. The molecule has 0 aliphatic carbocycles. The van der Waals surface area contributed by atoms with Crippen molar-refractivity contribution in [2.75, 3.05) is 26.7 Å². The Morgan fingerprint density at radius 1 is 1.50 bits per heavy atom. The van der Waals surface area contributed by atoms with E-state index in [1.165, 1.54) is 0 Å². The molecule has 1 fully saturated rings. The predicted octanol–water partition coefficient (Wildman–Crippen LogP) is 0.853. The lowest BCUT2D eigenvalue weighted by Crippen LogP contribution is -2.43. The maximum Gasteiger partial charge on any atom is 0.319 e. The first kappa shape index (κ1) is 13.7. The monoisotopic (exact) mass is 244 g/mol. The number of rotatable bonds is 6. The molecule has 0 spiro atoms. The fourth-order valence-electron chi connectivity index (χ4n) is 1.61. The van der Waals surface area contributed by atoms with Crippen LogP contribution in [-0.2, 0) is 4.74 Å². The summed E-state index contributed by atoms with van der Waals surface area (Å²) >= 11 is 0. The molecule has 96 valence electrons. The van der Waals surface area contributed by atoms with Crippen molar-refractivity contribution in [2.45, 2.75) is 30.9 Å². The van der Waals surface area contributed by atoms with Gasteiger partial charge in [0.25, 0.3) is 0 Å². The Hall–Kier alpha value is -0.400. The highest BCUT2D eigenvalue weighted by Crippen LogP contribution is 2.21. The first-order chi connectivity index (χ1) is 7.45. The van der Waals surface area contributed by atoms with Gasteiger partial charge in [0.2, 0.25) is 0 Å². The fourth-order valence-corrected chi connectivity index (χ4v) is 1.61. The number of hydrogen-bond acceptors (Lipinski definition) is 3. The summed E-state index contributed by atoms with van der Waals surface area (Å²) in [6.07, 6.45) is -2.85. The van der Waals surface area contributed by atoms with Gasteiger partial charge in [-0.25, -0.2) is 8.78 Å². The molecule has 0 saturated carbocycles. The minimum atomic E-state index is -3.96. The van der Waals surface area contributed by atoms with Gasteiger partial charge in [0.05, 0.1) is 12.6 Å². The van der Waals surface area contributed by atoms with Crippen molar-refractivity contribution in [1.82, 2.24) is 10.6 Å². The largest absolute Gasteiger partial charge is 0.380 e. The van der Waals surface area contributed by atoms with Crippen LogP contribution in [0.2, 0.25) is 0 Å². The third-order valence-corrected chi connectivity index (χ3v) is 2.59. The highest BCUT2D eigenvalue weighted by molar-refractivity contribution is 4.84. The Morgan fingerprint density at radius 2 is 2.19 bits per heavy atom. The third-order valence-electron chi connectivity index (χ3n) is 2.59. The predicted molar refractivity (Wildman–Crippen MR) is 51.0 cm³/mol. The average molecular weight is 244 g/mol. The zero-order valence-electron chi connectivity index (χ0n) is 8.98. The molecule has 1 aliphatic heterocycles. The Bertz CT molecular complexity index is 216. The summed E-state index contributed by atoms with van der Waals surface area (Å²) in [7, 11) is 1.58. The van der Waals surface area contributed by atoms with Crippen molar-refractivity contribution in [3.63, 3.8) is 0 Å². The maximum absolute atomic E-state index is 12.5. The molecule has 1 heterocycles. The topological polar surface area (TPSA) is 33.3 Å². The molecular formula is C9H16F4N2O. The number of methoxy groups -OCH3 is 1. The molecule has 0 aromatic heterocycles. The second kappa shape index (κ2) is 5.79. The zero-order chi connectivity index (χ0) is 12.2. The molecule has 2 unspecified atom stereocenters. The first-order valence-corrected chi connectivity index (χ1v) is 5.08. The summed E-state index contributed by atoms with van der Waals surface area (Å²) in [5.41, 5.74) is 0. The second-order valence-electron chi connectivity index (χ2n) is 3.89. The van der Waals surface area contributed by atoms with Crippen molar-refractivity contribution < 1.29 is 22.3 Å². The van der Waals surface area contributed by atoms with Gasteiger partial charge in [-0.2, -0.15) is 8.78 Å². The molecule has 2 N–H and O–H groups in total. The van der Waals surface area contributed by atoms with E-state index >= 15 is 0 Å². The van der Waals surface area contributed by atoms with Crippen LogP contribution in [0.25, 0.3) is 0 Å². The van der Waals surface area contributed by atoms with Gasteiger partial charge in [0, 0.05) is 26.2 Å². The molecule has 16 heavy (non-hydrogen) atoms. The minimum absolute atomic E-state index is 0.00146. The van der Waals surface area contributed by atoms with E-state index in [1.807, 2.05) is 0 Å². The lowest BCUT2D eigenvalue weighted by molar-refractivity contribution is -0.125. The van der Waals surface area contributed by atoms with Crippen LogP contribution >= 0.6 is 0 Å². The SMILES string of the molecule is COC1CNC(CNCC(F)(F)C(F)F)C1. The van der Waals surface area contributed by atoms with Gasteiger partial charge < -0.3 is 15.4 Å². The van der Waals surface area contributed by atoms with Crippen LogP contribution in [0.4, 0.5) is 17.6 Å². The van der Waals surface area contributed by atoms with Crippen LogP contribution in [0.3, 0.4) is 0 Å². The number of alkyl halides is 4. The van der Waals surface area contributed by atoms with Gasteiger partial charge in [0.15, 0.2) is 0 Å². The molecule has 0 amide bonds. The second-order valence-corrected chi connectivity index (χ2v) is 3.89. The third kappa shape index (κ3) is 3.88. The zero-order valence-corrected chi connectivity index (χ0v) is 8.98. The van der Waals surface area contributed by atoms with E-state index in [0.717, 1.165) is 0 Å². The van der Waals surface area contributed by atoms with Gasteiger partial charge in [-0.1, -0.05) is 0 Å². The van der Waals surface area contributed by atoms with E-state index in [1.54, 1.807) is 7.11 Å². The molecule has 2 atom stereocenters. The van der Waals surface area contributed by atoms with Crippen LogP contribution in [-0.4, -0.2) is 51.2 Å². The lowest BCUT2D eigenvalue weighted by Gasteiger charge is -2.17.